The summed E-state index contributed by atoms with van der Waals surface area (Å²) in [6.45, 7) is 0.234. The number of nitrogens with one attached hydrogen (secondary N) is 1. The van der Waals surface area contributed by atoms with Crippen molar-refractivity contribution in [2.75, 3.05) is 13.7 Å². The highest BCUT2D eigenvalue weighted by molar-refractivity contribution is 7.90. The second-order valence-electron chi connectivity index (χ2n) is 5.33. The summed E-state index contributed by atoms with van der Waals surface area (Å²) in [5, 5.41) is 2.82. The van der Waals surface area contributed by atoms with Crippen LogP contribution in [-0.4, -0.2) is 32.4 Å². The average Bonchev–Trinajstić information content (AvgIpc) is 3.16. The van der Waals surface area contributed by atoms with Gasteiger partial charge in [-0.2, -0.15) is 5.06 Å². The lowest BCUT2D eigenvalue weighted by Gasteiger charge is -2.21. The topological polar surface area (TPSA) is 58.6 Å². The van der Waals surface area contributed by atoms with Crippen LogP contribution in [0.25, 0.3) is 0 Å². The van der Waals surface area contributed by atoms with E-state index in [2.05, 4.69) is 4.72 Å². The molecule has 1 aliphatic rings. The Balaban J connectivity index is 1.74. The van der Waals surface area contributed by atoms with Crippen LogP contribution >= 0.6 is 11.3 Å². The van der Waals surface area contributed by atoms with E-state index in [-0.39, 0.29) is 25.0 Å². The van der Waals surface area contributed by atoms with E-state index in [9.17, 15) is 12.8 Å². The van der Waals surface area contributed by atoms with Crippen molar-refractivity contribution in [2.45, 2.75) is 17.8 Å². The third kappa shape index (κ3) is 3.61. The summed E-state index contributed by atoms with van der Waals surface area (Å²) >= 11 is 1.50. The van der Waals surface area contributed by atoms with Crippen LogP contribution < -0.4 is 4.72 Å². The van der Waals surface area contributed by atoms with Crippen LogP contribution in [0.1, 0.15) is 16.5 Å². The Morgan fingerprint density at radius 3 is 2.74 bits per heavy atom. The number of thiophene rings is 1. The fourth-order valence-corrected chi connectivity index (χ4v) is 5.06. The van der Waals surface area contributed by atoms with Crippen molar-refractivity contribution in [2.24, 2.45) is 0 Å². The molecule has 2 heterocycles. The maximum absolute atomic E-state index is 12.9. The Kier molecular flexibility index (Phi) is 4.79. The van der Waals surface area contributed by atoms with E-state index in [1.54, 1.807) is 24.2 Å². The van der Waals surface area contributed by atoms with Gasteiger partial charge in [0.25, 0.3) is 0 Å². The number of hydrogen-bond donors (Lipinski definition) is 1. The SMILES string of the molecule is CN1OCC(S(=O)(=O)NCc2ccc(F)cc2)C1c1cccs1. The van der Waals surface area contributed by atoms with Crippen molar-refractivity contribution in [1.29, 1.82) is 0 Å². The van der Waals surface area contributed by atoms with E-state index in [1.807, 2.05) is 17.5 Å². The molecule has 2 unspecified atom stereocenters. The molecular weight excluding hydrogens is 339 g/mol. The summed E-state index contributed by atoms with van der Waals surface area (Å²) in [6, 6.07) is 9.21. The third-order valence-electron chi connectivity index (χ3n) is 3.81. The molecule has 1 aliphatic heterocycles. The van der Waals surface area contributed by atoms with Crippen molar-refractivity contribution < 1.29 is 17.6 Å². The first kappa shape index (κ1) is 16.5. The van der Waals surface area contributed by atoms with Gasteiger partial charge in [0.2, 0.25) is 10.0 Å². The van der Waals surface area contributed by atoms with Crippen molar-refractivity contribution >= 4 is 21.4 Å². The fraction of sp³-hybridized carbons (Fsp3) is 0.333. The molecular formula is C15H17FN2O3S2. The second-order valence-corrected chi connectivity index (χ2v) is 8.30. The molecule has 124 valence electrons. The highest BCUT2D eigenvalue weighted by Crippen LogP contribution is 2.35. The highest BCUT2D eigenvalue weighted by Gasteiger charge is 2.43. The number of halogens is 1. The molecule has 1 saturated heterocycles. The first-order valence-electron chi connectivity index (χ1n) is 7.09. The van der Waals surface area contributed by atoms with Crippen molar-refractivity contribution in [3.63, 3.8) is 0 Å². The Labute approximate surface area is 138 Å². The lowest BCUT2D eigenvalue weighted by atomic mass is 10.2. The number of sulfonamides is 1. The molecule has 0 saturated carbocycles. The van der Waals surface area contributed by atoms with E-state index in [0.29, 0.717) is 5.56 Å². The number of benzene rings is 1. The molecule has 1 fully saturated rings. The van der Waals surface area contributed by atoms with Gasteiger partial charge in [0.05, 0.1) is 12.6 Å². The summed E-state index contributed by atoms with van der Waals surface area (Å²) in [6.07, 6.45) is 0. The maximum Gasteiger partial charge on any atom is 0.219 e. The van der Waals surface area contributed by atoms with E-state index in [1.165, 1.54) is 23.5 Å². The van der Waals surface area contributed by atoms with Gasteiger partial charge < -0.3 is 0 Å². The van der Waals surface area contributed by atoms with Gasteiger partial charge in [-0.3, -0.25) is 4.84 Å². The summed E-state index contributed by atoms with van der Waals surface area (Å²) < 4.78 is 40.8. The fourth-order valence-electron chi connectivity index (χ4n) is 2.57. The highest BCUT2D eigenvalue weighted by atomic mass is 32.2. The quantitative estimate of drug-likeness (QED) is 0.893. The average molecular weight is 356 g/mol. The Bertz CT molecular complexity index is 748. The molecule has 8 heteroatoms. The molecule has 1 aromatic heterocycles. The maximum atomic E-state index is 12.9. The number of rotatable bonds is 5. The molecule has 2 atom stereocenters. The number of nitrogens with zero attached hydrogens (tertiary/aromatic N) is 1. The second kappa shape index (κ2) is 6.66. The minimum Gasteiger partial charge on any atom is -0.297 e. The minimum absolute atomic E-state index is 0.109. The zero-order valence-electron chi connectivity index (χ0n) is 12.5. The summed E-state index contributed by atoms with van der Waals surface area (Å²) in [7, 11) is -1.84. The van der Waals surface area contributed by atoms with Gasteiger partial charge in [-0.15, -0.1) is 11.3 Å². The molecule has 1 aromatic carbocycles. The molecule has 2 aromatic rings. The van der Waals surface area contributed by atoms with E-state index in [0.717, 1.165) is 4.88 Å². The van der Waals surface area contributed by atoms with E-state index in [4.69, 9.17) is 4.84 Å². The normalized spacial score (nSPS) is 22.5. The van der Waals surface area contributed by atoms with Crippen molar-refractivity contribution in [3.8, 4) is 0 Å². The smallest absolute Gasteiger partial charge is 0.219 e. The molecule has 0 amide bonds. The van der Waals surface area contributed by atoms with Crippen molar-refractivity contribution in [1.82, 2.24) is 9.79 Å². The van der Waals surface area contributed by atoms with Crippen molar-refractivity contribution in [3.05, 3.63) is 58.0 Å². The lowest BCUT2D eigenvalue weighted by molar-refractivity contribution is -0.110. The molecule has 0 aliphatic carbocycles. The van der Waals surface area contributed by atoms with E-state index >= 15 is 0 Å². The summed E-state index contributed by atoms with van der Waals surface area (Å²) in [4.78, 5) is 6.37. The largest absolute Gasteiger partial charge is 0.297 e. The van der Waals surface area contributed by atoms with E-state index < -0.39 is 15.3 Å². The van der Waals surface area contributed by atoms with Gasteiger partial charge >= 0.3 is 0 Å². The molecule has 0 spiro atoms. The number of hydrogen-bond acceptors (Lipinski definition) is 5. The Morgan fingerprint density at radius 2 is 2.09 bits per heavy atom. The zero-order valence-corrected chi connectivity index (χ0v) is 14.1. The molecule has 1 N–H and O–H groups in total. The summed E-state index contributed by atoms with van der Waals surface area (Å²) in [5.41, 5.74) is 0.704. The van der Waals surface area contributed by atoms with Gasteiger partial charge in [-0.1, -0.05) is 18.2 Å². The molecule has 5 nitrogen and oxygen atoms in total. The van der Waals surface area contributed by atoms with Crippen LogP contribution in [0, 0.1) is 5.82 Å². The monoisotopic (exact) mass is 356 g/mol. The van der Waals surface area contributed by atoms with Crippen LogP contribution in [-0.2, 0) is 21.4 Å². The standard InChI is InChI=1S/C15H17FN2O3S2/c1-18-15(13-3-2-8-22-13)14(10-21-18)23(19,20)17-9-11-4-6-12(16)7-5-11/h2-8,14-15,17H,9-10H2,1H3. The van der Waals surface area contributed by atoms with Crippen LogP contribution in [0.3, 0.4) is 0 Å². The first-order chi connectivity index (χ1) is 11.0. The lowest BCUT2D eigenvalue weighted by Crippen LogP contribution is -2.38. The summed E-state index contributed by atoms with van der Waals surface area (Å²) in [5.74, 6) is -0.347. The molecule has 0 bridgehead atoms. The zero-order chi connectivity index (χ0) is 16.4. The molecule has 3 rings (SSSR count). The van der Waals surface area contributed by atoms with Gasteiger partial charge in [0, 0.05) is 18.5 Å². The van der Waals surface area contributed by atoms with Crippen LogP contribution in [0.2, 0.25) is 0 Å². The Morgan fingerprint density at radius 1 is 1.35 bits per heavy atom. The molecule has 23 heavy (non-hydrogen) atoms. The Hall–Kier alpha value is -1.32. The third-order valence-corrected chi connectivity index (χ3v) is 6.49. The van der Waals surface area contributed by atoms with Gasteiger partial charge in [-0.25, -0.2) is 17.5 Å². The number of hydroxylamine groups is 2. The van der Waals surface area contributed by atoms with Gasteiger partial charge in [-0.05, 0) is 29.1 Å². The van der Waals surface area contributed by atoms with Gasteiger partial charge in [0.15, 0.2) is 0 Å². The predicted molar refractivity (Wildman–Crippen MR) is 86.7 cm³/mol. The predicted octanol–water partition coefficient (Wildman–Crippen LogP) is 2.29. The minimum atomic E-state index is -3.58. The van der Waals surface area contributed by atoms with Crippen LogP contribution in [0.15, 0.2) is 41.8 Å². The van der Waals surface area contributed by atoms with Gasteiger partial charge in [0.1, 0.15) is 11.1 Å². The molecule has 0 radical (unpaired) electrons. The first-order valence-corrected chi connectivity index (χ1v) is 9.52. The van der Waals surface area contributed by atoms with Crippen LogP contribution in [0.5, 0.6) is 0 Å². The van der Waals surface area contributed by atoms with Crippen LogP contribution in [0.4, 0.5) is 4.39 Å².